The van der Waals surface area contributed by atoms with Gasteiger partial charge in [0.1, 0.15) is 0 Å². The van der Waals surface area contributed by atoms with Gasteiger partial charge in [0.25, 0.3) is 5.91 Å². The number of nitrogens with zero attached hydrogens (tertiary/aromatic N) is 1. The molecule has 3 rings (SSSR count). The topological polar surface area (TPSA) is 60.3 Å². The molecule has 0 fully saturated rings. The average molecular weight is 272 g/mol. The quantitative estimate of drug-likeness (QED) is 0.847. The van der Waals surface area contributed by atoms with Gasteiger partial charge in [-0.1, -0.05) is 6.07 Å². The Labute approximate surface area is 116 Å². The number of esters is 1. The average Bonchev–Trinajstić information content (AvgIpc) is 2.81. The van der Waals surface area contributed by atoms with Crippen LogP contribution in [0.5, 0.6) is 0 Å². The smallest absolute Gasteiger partial charge is 0.338 e. The summed E-state index contributed by atoms with van der Waals surface area (Å²) in [4.78, 5) is 24.2. The van der Waals surface area contributed by atoms with Gasteiger partial charge in [-0.2, -0.15) is 0 Å². The molecule has 20 heavy (non-hydrogen) atoms. The first-order valence-electron chi connectivity index (χ1n) is 6.69. The fourth-order valence-electron chi connectivity index (χ4n) is 2.98. The predicted molar refractivity (Wildman–Crippen MR) is 75.0 cm³/mol. The number of fused-ring (bicyclic) bond motifs is 3. The van der Waals surface area contributed by atoms with Crippen LogP contribution >= 0.6 is 0 Å². The van der Waals surface area contributed by atoms with E-state index in [1.54, 1.807) is 6.07 Å². The van der Waals surface area contributed by atoms with Crippen LogP contribution in [-0.4, -0.2) is 30.1 Å². The Kier molecular flexibility index (Phi) is 2.97. The molecule has 1 aliphatic rings. The van der Waals surface area contributed by atoms with E-state index in [4.69, 9.17) is 4.74 Å². The Morgan fingerprint density at radius 3 is 2.95 bits per heavy atom. The van der Waals surface area contributed by atoms with Crippen LogP contribution in [0, 0.1) is 0 Å². The first kappa shape index (κ1) is 12.7. The van der Waals surface area contributed by atoms with Gasteiger partial charge in [0, 0.05) is 36.1 Å². The number of rotatable bonds is 2. The number of aromatic nitrogens is 1. The zero-order valence-corrected chi connectivity index (χ0v) is 11.5. The second kappa shape index (κ2) is 4.67. The summed E-state index contributed by atoms with van der Waals surface area (Å²) in [6.45, 7) is 3.44. The molecule has 1 N–H and O–H groups in total. The van der Waals surface area contributed by atoms with Gasteiger partial charge in [0.15, 0.2) is 0 Å². The number of ether oxygens (including phenoxy) is 1. The minimum Gasteiger partial charge on any atom is -0.465 e. The summed E-state index contributed by atoms with van der Waals surface area (Å²) >= 11 is 0. The molecule has 2 aromatic rings. The van der Waals surface area contributed by atoms with E-state index >= 15 is 0 Å². The highest BCUT2D eigenvalue weighted by molar-refractivity contribution is 6.16. The van der Waals surface area contributed by atoms with Crippen LogP contribution in [0.2, 0.25) is 0 Å². The molecule has 0 atom stereocenters. The van der Waals surface area contributed by atoms with Gasteiger partial charge in [-0.05, 0) is 19.1 Å². The van der Waals surface area contributed by atoms with E-state index in [1.807, 2.05) is 19.1 Å². The molecule has 5 nitrogen and oxygen atoms in total. The van der Waals surface area contributed by atoms with E-state index in [0.29, 0.717) is 23.1 Å². The third kappa shape index (κ3) is 1.62. The number of carbonyl (C=O) groups is 2. The van der Waals surface area contributed by atoms with Gasteiger partial charge >= 0.3 is 5.97 Å². The Morgan fingerprint density at radius 1 is 1.45 bits per heavy atom. The fourth-order valence-corrected chi connectivity index (χ4v) is 2.98. The van der Waals surface area contributed by atoms with Gasteiger partial charge in [0.2, 0.25) is 0 Å². The fraction of sp³-hybridized carbons (Fsp3) is 0.333. The third-order valence-corrected chi connectivity index (χ3v) is 3.79. The number of nitrogens with one attached hydrogen (secondary N) is 1. The summed E-state index contributed by atoms with van der Waals surface area (Å²) in [5, 5.41) is 3.55. The van der Waals surface area contributed by atoms with Crippen molar-refractivity contribution in [2.45, 2.75) is 19.9 Å². The highest BCUT2D eigenvalue weighted by atomic mass is 16.5. The third-order valence-electron chi connectivity index (χ3n) is 3.79. The van der Waals surface area contributed by atoms with Gasteiger partial charge in [0.05, 0.1) is 18.2 Å². The second-order valence-electron chi connectivity index (χ2n) is 4.76. The Morgan fingerprint density at radius 2 is 2.25 bits per heavy atom. The normalized spacial score (nSPS) is 14.0. The standard InChI is InChI=1S/C15H16N2O3/c1-3-17-10-6-4-5-9(15(19)20-2)12(10)13-11(17)7-8-16-14(13)18/h4-6H,3,7-8H2,1-2H3,(H,16,18). The van der Waals surface area contributed by atoms with Crippen molar-refractivity contribution < 1.29 is 14.3 Å². The van der Waals surface area contributed by atoms with E-state index in [1.165, 1.54) is 7.11 Å². The van der Waals surface area contributed by atoms with Crippen molar-refractivity contribution in [2.24, 2.45) is 0 Å². The van der Waals surface area contributed by atoms with Crippen molar-refractivity contribution in [3.05, 3.63) is 35.0 Å². The van der Waals surface area contributed by atoms with Gasteiger partial charge < -0.3 is 14.6 Å². The van der Waals surface area contributed by atoms with Crippen molar-refractivity contribution in [3.63, 3.8) is 0 Å². The number of benzene rings is 1. The lowest BCUT2D eigenvalue weighted by atomic mass is 10.0. The molecular weight excluding hydrogens is 256 g/mol. The van der Waals surface area contributed by atoms with Crippen LogP contribution < -0.4 is 5.32 Å². The molecule has 104 valence electrons. The zero-order valence-electron chi connectivity index (χ0n) is 11.5. The summed E-state index contributed by atoms with van der Waals surface area (Å²) < 4.78 is 6.94. The summed E-state index contributed by atoms with van der Waals surface area (Å²) in [5.41, 5.74) is 2.99. The van der Waals surface area contributed by atoms with Crippen LogP contribution in [0.3, 0.4) is 0 Å². The van der Waals surface area contributed by atoms with Crippen molar-refractivity contribution >= 4 is 22.8 Å². The van der Waals surface area contributed by atoms with E-state index in [-0.39, 0.29) is 5.91 Å². The van der Waals surface area contributed by atoms with Crippen LogP contribution in [0.1, 0.15) is 33.3 Å². The highest BCUT2D eigenvalue weighted by Gasteiger charge is 2.28. The molecule has 0 spiro atoms. The Balaban J connectivity index is 2.43. The molecule has 0 aliphatic carbocycles. The lowest BCUT2D eigenvalue weighted by Gasteiger charge is -2.15. The van der Waals surface area contributed by atoms with Crippen molar-refractivity contribution in [1.82, 2.24) is 9.88 Å². The summed E-state index contributed by atoms with van der Waals surface area (Å²) in [6, 6.07) is 5.47. The van der Waals surface area contributed by atoms with Gasteiger partial charge in [-0.3, -0.25) is 4.79 Å². The summed E-state index contributed by atoms with van der Waals surface area (Å²) in [5.74, 6) is -0.523. The van der Waals surface area contributed by atoms with E-state index in [2.05, 4.69) is 9.88 Å². The summed E-state index contributed by atoms with van der Waals surface area (Å²) in [7, 11) is 1.35. The largest absolute Gasteiger partial charge is 0.465 e. The lowest BCUT2D eigenvalue weighted by Crippen LogP contribution is -2.32. The number of methoxy groups -OCH3 is 1. The van der Waals surface area contributed by atoms with Crippen molar-refractivity contribution in [1.29, 1.82) is 0 Å². The van der Waals surface area contributed by atoms with Crippen molar-refractivity contribution in [3.8, 4) is 0 Å². The molecule has 0 saturated heterocycles. The molecule has 0 bridgehead atoms. The second-order valence-corrected chi connectivity index (χ2v) is 4.76. The molecule has 2 heterocycles. The van der Waals surface area contributed by atoms with Crippen LogP contribution in [0.15, 0.2) is 18.2 Å². The van der Waals surface area contributed by atoms with Crippen LogP contribution in [-0.2, 0) is 17.7 Å². The number of amides is 1. The van der Waals surface area contributed by atoms with E-state index in [9.17, 15) is 9.59 Å². The number of carbonyl (C=O) groups excluding carboxylic acids is 2. The molecular formula is C15H16N2O3. The summed E-state index contributed by atoms with van der Waals surface area (Å²) in [6.07, 6.45) is 0.782. The molecule has 1 aliphatic heterocycles. The molecule has 1 aromatic heterocycles. The lowest BCUT2D eigenvalue weighted by molar-refractivity contribution is 0.0603. The Hall–Kier alpha value is -2.30. The first-order valence-corrected chi connectivity index (χ1v) is 6.69. The maximum atomic E-state index is 12.2. The minimum absolute atomic E-state index is 0.111. The number of hydrogen-bond acceptors (Lipinski definition) is 3. The molecule has 0 radical (unpaired) electrons. The maximum absolute atomic E-state index is 12.2. The van der Waals surface area contributed by atoms with E-state index in [0.717, 1.165) is 24.2 Å². The molecule has 0 saturated carbocycles. The maximum Gasteiger partial charge on any atom is 0.338 e. The van der Waals surface area contributed by atoms with Crippen LogP contribution in [0.4, 0.5) is 0 Å². The van der Waals surface area contributed by atoms with Gasteiger partial charge in [-0.25, -0.2) is 4.79 Å². The number of hydrogen-bond donors (Lipinski definition) is 1. The SMILES string of the molecule is CCn1c2c(c3c(C(=O)OC)cccc31)C(=O)NCC2. The zero-order chi connectivity index (χ0) is 14.3. The van der Waals surface area contributed by atoms with Crippen molar-refractivity contribution in [2.75, 3.05) is 13.7 Å². The molecule has 0 unspecified atom stereocenters. The first-order chi connectivity index (χ1) is 9.69. The minimum atomic E-state index is -0.412. The predicted octanol–water partition coefficient (Wildman–Crippen LogP) is 1.73. The number of aryl methyl sites for hydroxylation is 1. The molecule has 5 heteroatoms. The Bertz CT molecular complexity index is 715. The molecule has 1 amide bonds. The monoisotopic (exact) mass is 272 g/mol. The van der Waals surface area contributed by atoms with Gasteiger partial charge in [-0.15, -0.1) is 0 Å². The van der Waals surface area contributed by atoms with E-state index < -0.39 is 5.97 Å². The molecule has 1 aromatic carbocycles. The van der Waals surface area contributed by atoms with Crippen LogP contribution in [0.25, 0.3) is 10.9 Å². The highest BCUT2D eigenvalue weighted by Crippen LogP contribution is 2.31.